The van der Waals surface area contributed by atoms with Gasteiger partial charge in [0.1, 0.15) is 5.82 Å². The van der Waals surface area contributed by atoms with Crippen molar-refractivity contribution in [3.05, 3.63) is 88.1 Å². The summed E-state index contributed by atoms with van der Waals surface area (Å²) in [6.07, 6.45) is 2.38. The minimum Gasteiger partial charge on any atom is -0.342 e. The quantitative estimate of drug-likeness (QED) is 0.533. The first kappa shape index (κ1) is 23.7. The molecule has 1 saturated heterocycles. The number of hydrogen-bond acceptors (Lipinski definition) is 4. The van der Waals surface area contributed by atoms with E-state index in [2.05, 4.69) is 10.6 Å². The molecule has 2 aromatic carbocycles. The van der Waals surface area contributed by atoms with Gasteiger partial charge in [0.25, 0.3) is 5.56 Å². The van der Waals surface area contributed by atoms with E-state index < -0.39 is 35.4 Å². The molecule has 0 radical (unpaired) electrons. The van der Waals surface area contributed by atoms with Crippen molar-refractivity contribution >= 4 is 40.7 Å². The van der Waals surface area contributed by atoms with Gasteiger partial charge < -0.3 is 15.5 Å². The van der Waals surface area contributed by atoms with E-state index in [9.17, 15) is 23.6 Å². The first-order valence-corrected chi connectivity index (χ1v) is 11.8. The number of rotatable bonds is 6. The van der Waals surface area contributed by atoms with Crippen molar-refractivity contribution in [3.8, 4) is 5.69 Å². The van der Waals surface area contributed by atoms with Crippen LogP contribution in [-0.2, 0) is 14.4 Å². The lowest BCUT2D eigenvalue weighted by atomic mass is 10.1. The van der Waals surface area contributed by atoms with Gasteiger partial charge in [-0.25, -0.2) is 4.39 Å². The van der Waals surface area contributed by atoms with Gasteiger partial charge in [-0.3, -0.25) is 23.7 Å². The zero-order chi connectivity index (χ0) is 25.4. The zero-order valence-corrected chi connectivity index (χ0v) is 19.7. The molecule has 10 heteroatoms. The van der Waals surface area contributed by atoms with Gasteiger partial charge in [-0.2, -0.15) is 0 Å². The van der Waals surface area contributed by atoms with E-state index in [1.807, 2.05) is 0 Å². The smallest absolute Gasteiger partial charge is 0.255 e. The van der Waals surface area contributed by atoms with Gasteiger partial charge in [-0.1, -0.05) is 17.7 Å². The lowest BCUT2D eigenvalue weighted by Crippen LogP contribution is -2.43. The summed E-state index contributed by atoms with van der Waals surface area (Å²) in [4.78, 5) is 52.6. The van der Waals surface area contributed by atoms with Gasteiger partial charge in [0.05, 0.1) is 29.1 Å². The van der Waals surface area contributed by atoms with Gasteiger partial charge in [-0.05, 0) is 48.9 Å². The maximum atomic E-state index is 14.8. The summed E-state index contributed by atoms with van der Waals surface area (Å²) >= 11 is 5.89. The summed E-state index contributed by atoms with van der Waals surface area (Å²) in [6.45, 7) is 1.17. The molecule has 1 aromatic heterocycles. The number of nitrogens with one attached hydrogen (secondary N) is 2. The number of halogens is 2. The molecule has 5 rings (SSSR count). The summed E-state index contributed by atoms with van der Waals surface area (Å²) in [5.74, 6) is -4.70. The molecule has 0 unspecified atom stereocenters. The molecule has 3 atom stereocenters. The third-order valence-corrected chi connectivity index (χ3v) is 6.75. The average molecular weight is 509 g/mol. The Balaban J connectivity index is 1.33. The average Bonchev–Trinajstić information content (AvgIpc) is 3.57. The van der Waals surface area contributed by atoms with Crippen LogP contribution in [0.2, 0.25) is 5.02 Å². The lowest BCUT2D eigenvalue weighted by molar-refractivity contribution is -0.138. The van der Waals surface area contributed by atoms with Gasteiger partial charge in [0.15, 0.2) is 0 Å². The fourth-order valence-corrected chi connectivity index (χ4v) is 4.51. The van der Waals surface area contributed by atoms with E-state index in [0.717, 1.165) is 12.5 Å². The number of benzene rings is 2. The second-order valence-corrected chi connectivity index (χ2v) is 9.25. The van der Waals surface area contributed by atoms with Gasteiger partial charge in [0.2, 0.25) is 17.7 Å². The van der Waals surface area contributed by atoms with E-state index in [1.54, 1.807) is 41.3 Å². The minimum atomic E-state index is -0.929. The van der Waals surface area contributed by atoms with Crippen molar-refractivity contribution in [3.63, 3.8) is 0 Å². The number of amides is 3. The van der Waals surface area contributed by atoms with E-state index in [-0.39, 0.29) is 17.2 Å². The minimum absolute atomic E-state index is 0.105. The van der Waals surface area contributed by atoms with Gasteiger partial charge >= 0.3 is 0 Å². The Bertz CT molecular complexity index is 1400. The van der Waals surface area contributed by atoms with Crippen LogP contribution in [0, 0.1) is 23.6 Å². The molecule has 2 heterocycles. The molecular formula is C26H22ClFN4O4. The second-order valence-electron chi connectivity index (χ2n) is 8.81. The second kappa shape index (κ2) is 9.58. The van der Waals surface area contributed by atoms with Crippen LogP contribution in [0.25, 0.3) is 5.69 Å². The summed E-state index contributed by atoms with van der Waals surface area (Å²) in [6, 6.07) is 15.0. The summed E-state index contributed by atoms with van der Waals surface area (Å²) in [5.41, 5.74) is 0.358. The van der Waals surface area contributed by atoms with Gasteiger partial charge in [-0.15, -0.1) is 0 Å². The molecule has 8 nitrogen and oxygen atoms in total. The Labute approximate surface area is 210 Å². The highest BCUT2D eigenvalue weighted by Gasteiger charge is 2.63. The van der Waals surface area contributed by atoms with Crippen LogP contribution in [-0.4, -0.2) is 40.3 Å². The first-order valence-electron chi connectivity index (χ1n) is 11.5. The summed E-state index contributed by atoms with van der Waals surface area (Å²) in [7, 11) is 0. The number of likely N-dealkylation sites (tertiary alicyclic amines) is 1. The topological polar surface area (TPSA) is 101 Å². The maximum Gasteiger partial charge on any atom is 0.255 e. The van der Waals surface area contributed by atoms with Crippen molar-refractivity contribution < 1.29 is 18.8 Å². The third-order valence-electron chi connectivity index (χ3n) is 6.50. The Morgan fingerprint density at radius 1 is 0.889 bits per heavy atom. The predicted molar refractivity (Wildman–Crippen MR) is 132 cm³/mol. The van der Waals surface area contributed by atoms with Crippen LogP contribution in [0.5, 0.6) is 0 Å². The molecular weight excluding hydrogens is 487 g/mol. The SMILES string of the molecule is O=C(Nc1ccc(Cl)cc1)[C@@H]1[C@H](C(=O)Nc2ccc(-n3ccccc3=O)cc2F)[C@H]1C(=O)N1CCC1. The van der Waals surface area contributed by atoms with E-state index in [1.165, 1.54) is 29.0 Å². The molecule has 0 bridgehead atoms. The fraction of sp³-hybridized carbons (Fsp3) is 0.231. The largest absolute Gasteiger partial charge is 0.342 e. The highest BCUT2D eigenvalue weighted by Crippen LogP contribution is 2.49. The summed E-state index contributed by atoms with van der Waals surface area (Å²) in [5, 5.41) is 5.75. The number of aromatic nitrogens is 1. The number of carbonyl (C=O) groups is 3. The molecule has 3 aromatic rings. The maximum absolute atomic E-state index is 14.8. The third kappa shape index (κ3) is 4.61. The van der Waals surface area contributed by atoms with Crippen LogP contribution in [0.1, 0.15) is 6.42 Å². The van der Waals surface area contributed by atoms with Crippen molar-refractivity contribution in [2.45, 2.75) is 6.42 Å². The van der Waals surface area contributed by atoms with Gasteiger partial charge in [0, 0.05) is 42.1 Å². The number of nitrogens with zero attached hydrogens (tertiary/aromatic N) is 2. The monoisotopic (exact) mass is 508 g/mol. The molecule has 1 saturated carbocycles. The molecule has 3 amide bonds. The van der Waals surface area contributed by atoms with Crippen molar-refractivity contribution in [2.24, 2.45) is 17.8 Å². The molecule has 1 aliphatic carbocycles. The van der Waals surface area contributed by atoms with Crippen LogP contribution < -0.4 is 16.2 Å². The number of pyridine rings is 1. The zero-order valence-electron chi connectivity index (χ0n) is 19.0. The highest BCUT2D eigenvalue weighted by atomic mass is 35.5. The normalized spacial score (nSPS) is 20.3. The van der Waals surface area contributed by atoms with Crippen LogP contribution in [0.4, 0.5) is 15.8 Å². The Kier molecular flexibility index (Phi) is 6.32. The van der Waals surface area contributed by atoms with Crippen molar-refractivity contribution in [2.75, 3.05) is 23.7 Å². The summed E-state index contributed by atoms with van der Waals surface area (Å²) < 4.78 is 16.1. The standard InChI is InChI=1S/C26H22ClFN4O4/c27-15-5-7-16(8-6-15)29-24(34)21-22(23(21)26(36)31-11-3-12-31)25(35)30-19-10-9-17(14-18(19)28)32-13-2-1-4-20(32)33/h1-2,4-10,13-14,21-23H,3,11-12H2,(H,29,34)(H,30,35)/t21-,22+,23+/m1/s1. The Morgan fingerprint density at radius 2 is 1.58 bits per heavy atom. The molecule has 2 N–H and O–H groups in total. The number of anilines is 2. The molecule has 0 spiro atoms. The molecule has 184 valence electrons. The van der Waals surface area contributed by atoms with E-state index in [0.29, 0.717) is 29.5 Å². The lowest BCUT2D eigenvalue weighted by Gasteiger charge is -2.31. The highest BCUT2D eigenvalue weighted by molar-refractivity contribution is 6.30. The number of hydrogen-bond donors (Lipinski definition) is 2. The van der Waals surface area contributed by atoms with E-state index >= 15 is 0 Å². The molecule has 2 fully saturated rings. The van der Waals surface area contributed by atoms with Crippen LogP contribution in [0.3, 0.4) is 0 Å². The Hall–Kier alpha value is -3.98. The molecule has 1 aliphatic heterocycles. The van der Waals surface area contributed by atoms with Crippen LogP contribution >= 0.6 is 11.6 Å². The number of carbonyl (C=O) groups excluding carboxylic acids is 3. The molecule has 2 aliphatic rings. The fourth-order valence-electron chi connectivity index (χ4n) is 4.39. The van der Waals surface area contributed by atoms with E-state index in [4.69, 9.17) is 11.6 Å². The van der Waals surface area contributed by atoms with Crippen molar-refractivity contribution in [1.29, 1.82) is 0 Å². The Morgan fingerprint density at radius 3 is 2.19 bits per heavy atom. The molecule has 36 heavy (non-hydrogen) atoms. The predicted octanol–water partition coefficient (Wildman–Crippen LogP) is 3.30. The first-order chi connectivity index (χ1) is 17.3. The van der Waals surface area contributed by atoms with Crippen LogP contribution in [0.15, 0.2) is 71.7 Å². The van der Waals surface area contributed by atoms with Crippen molar-refractivity contribution in [1.82, 2.24) is 9.47 Å².